The van der Waals surface area contributed by atoms with Gasteiger partial charge in [0, 0.05) is 24.3 Å². The first-order chi connectivity index (χ1) is 15.4. The summed E-state index contributed by atoms with van der Waals surface area (Å²) in [4.78, 5) is 15.0. The zero-order chi connectivity index (χ0) is 23.0. The number of benzene rings is 3. The van der Waals surface area contributed by atoms with Crippen molar-refractivity contribution in [3.63, 3.8) is 0 Å². The number of rotatable bonds is 10. The van der Waals surface area contributed by atoms with Crippen LogP contribution in [0.1, 0.15) is 35.3 Å². The molecule has 0 atom stereocenters. The van der Waals surface area contributed by atoms with E-state index in [1.54, 1.807) is 42.5 Å². The summed E-state index contributed by atoms with van der Waals surface area (Å²) in [5.41, 5.74) is 3.13. The van der Waals surface area contributed by atoms with Gasteiger partial charge in [-0.15, -0.1) is 0 Å². The van der Waals surface area contributed by atoms with Crippen molar-refractivity contribution in [3.8, 4) is 0 Å². The van der Waals surface area contributed by atoms with Crippen LogP contribution in [0.2, 0.25) is 0 Å². The van der Waals surface area contributed by atoms with Gasteiger partial charge < -0.3 is 5.32 Å². The Morgan fingerprint density at radius 1 is 0.812 bits per heavy atom. The maximum atomic E-state index is 12.5. The number of hydrogen-bond donors (Lipinski definition) is 2. The van der Waals surface area contributed by atoms with Crippen molar-refractivity contribution >= 4 is 21.6 Å². The van der Waals surface area contributed by atoms with E-state index >= 15 is 0 Å². The Hall–Kier alpha value is -3.16. The molecule has 0 saturated carbocycles. The monoisotopic (exact) mass is 451 g/mol. The molecule has 0 heterocycles. The summed E-state index contributed by atoms with van der Waals surface area (Å²) in [6.45, 7) is 7.67. The fourth-order valence-corrected chi connectivity index (χ4v) is 4.34. The fourth-order valence-electron chi connectivity index (χ4n) is 3.26. The van der Waals surface area contributed by atoms with E-state index in [9.17, 15) is 13.2 Å². The van der Waals surface area contributed by atoms with Gasteiger partial charge in [0.15, 0.2) is 0 Å². The highest BCUT2D eigenvalue weighted by Gasteiger charge is 2.14. The van der Waals surface area contributed by atoms with Crippen LogP contribution in [-0.4, -0.2) is 32.3 Å². The van der Waals surface area contributed by atoms with Gasteiger partial charge in [0.05, 0.1) is 4.90 Å². The first-order valence-corrected chi connectivity index (χ1v) is 12.2. The Morgan fingerprint density at radius 2 is 1.41 bits per heavy atom. The molecule has 0 spiro atoms. The number of carbonyl (C=O) groups is 1. The van der Waals surface area contributed by atoms with Gasteiger partial charge in [0.1, 0.15) is 0 Å². The molecule has 7 heteroatoms. The lowest BCUT2D eigenvalue weighted by molar-refractivity contribution is 0.0951. The second-order valence-corrected chi connectivity index (χ2v) is 9.14. The number of nitrogens with zero attached hydrogens (tertiary/aromatic N) is 1. The molecule has 0 bridgehead atoms. The predicted molar refractivity (Wildman–Crippen MR) is 128 cm³/mol. The maximum absolute atomic E-state index is 12.5. The molecule has 6 nitrogen and oxygen atoms in total. The van der Waals surface area contributed by atoms with Crippen LogP contribution in [0.4, 0.5) is 5.69 Å². The quantitative estimate of drug-likeness (QED) is 0.483. The first-order valence-electron chi connectivity index (χ1n) is 10.7. The predicted octanol–water partition coefficient (Wildman–Crippen LogP) is 4.26. The zero-order valence-electron chi connectivity index (χ0n) is 18.4. The lowest BCUT2D eigenvalue weighted by Gasteiger charge is -2.18. The van der Waals surface area contributed by atoms with Gasteiger partial charge >= 0.3 is 0 Å². The van der Waals surface area contributed by atoms with Crippen LogP contribution in [0.3, 0.4) is 0 Å². The Bertz CT molecular complexity index is 1110. The van der Waals surface area contributed by atoms with Crippen LogP contribution in [0.15, 0.2) is 83.8 Å². The number of nitrogens with one attached hydrogen (secondary N) is 2. The third kappa shape index (κ3) is 6.42. The normalized spacial score (nSPS) is 11.3. The number of carbonyl (C=O) groups excluding carboxylic acids is 1. The fraction of sp³-hybridized carbons (Fsp3) is 0.240. The molecule has 3 aromatic rings. The molecule has 0 aliphatic heterocycles. The summed E-state index contributed by atoms with van der Waals surface area (Å²) in [6, 6.07) is 22.8. The maximum Gasteiger partial charge on any atom is 0.261 e. The molecule has 168 valence electrons. The van der Waals surface area contributed by atoms with Gasteiger partial charge in [0.2, 0.25) is 0 Å². The topological polar surface area (TPSA) is 78.5 Å². The molecule has 0 fully saturated rings. The van der Waals surface area contributed by atoms with Crippen molar-refractivity contribution in [2.45, 2.75) is 31.8 Å². The average molecular weight is 452 g/mol. The zero-order valence-corrected chi connectivity index (χ0v) is 19.2. The minimum Gasteiger partial charge on any atom is -0.348 e. The molecule has 0 aromatic heterocycles. The van der Waals surface area contributed by atoms with E-state index in [1.165, 1.54) is 17.7 Å². The summed E-state index contributed by atoms with van der Waals surface area (Å²) >= 11 is 0. The second kappa shape index (κ2) is 10.9. The van der Waals surface area contributed by atoms with Crippen molar-refractivity contribution < 1.29 is 13.2 Å². The molecule has 3 aromatic carbocycles. The minimum atomic E-state index is -3.66. The molecular weight excluding hydrogens is 422 g/mol. The van der Waals surface area contributed by atoms with Crippen LogP contribution >= 0.6 is 0 Å². The summed E-state index contributed by atoms with van der Waals surface area (Å²) < 4.78 is 27.3. The first kappa shape index (κ1) is 23.5. The summed E-state index contributed by atoms with van der Waals surface area (Å²) in [6.07, 6.45) is 0. The largest absolute Gasteiger partial charge is 0.348 e. The van der Waals surface area contributed by atoms with E-state index in [1.807, 2.05) is 12.1 Å². The third-order valence-corrected chi connectivity index (χ3v) is 6.63. The van der Waals surface area contributed by atoms with Crippen molar-refractivity contribution in [3.05, 3.63) is 95.6 Å². The van der Waals surface area contributed by atoms with Gasteiger partial charge in [-0.1, -0.05) is 56.3 Å². The smallest absolute Gasteiger partial charge is 0.261 e. The summed E-state index contributed by atoms with van der Waals surface area (Å²) in [5, 5.41) is 2.90. The number of anilines is 1. The van der Waals surface area contributed by atoms with Gasteiger partial charge in [-0.2, -0.15) is 0 Å². The van der Waals surface area contributed by atoms with Gasteiger partial charge in [-0.25, -0.2) is 8.42 Å². The van der Waals surface area contributed by atoms with Gasteiger partial charge in [-0.3, -0.25) is 14.4 Å². The lowest BCUT2D eigenvalue weighted by atomic mass is 10.1. The van der Waals surface area contributed by atoms with Crippen LogP contribution in [0.25, 0.3) is 0 Å². The van der Waals surface area contributed by atoms with Crippen molar-refractivity contribution in [1.82, 2.24) is 10.2 Å². The molecule has 3 rings (SSSR count). The number of amides is 1. The van der Waals surface area contributed by atoms with E-state index in [0.29, 0.717) is 17.8 Å². The molecule has 0 aliphatic rings. The third-order valence-electron chi connectivity index (χ3n) is 5.23. The molecule has 0 saturated heterocycles. The van der Waals surface area contributed by atoms with Gasteiger partial charge in [-0.05, 0) is 60.6 Å². The summed E-state index contributed by atoms with van der Waals surface area (Å²) in [7, 11) is -3.66. The molecule has 0 aliphatic carbocycles. The number of hydrogen-bond acceptors (Lipinski definition) is 4. The van der Waals surface area contributed by atoms with E-state index < -0.39 is 10.0 Å². The van der Waals surface area contributed by atoms with E-state index in [4.69, 9.17) is 0 Å². The standard InChI is InChI=1S/C25H29N3O3S/c1-3-28(4-2)19-21-12-10-20(11-13-21)18-26-25(29)22-14-16-23(17-15-22)27-32(30,31)24-8-6-5-7-9-24/h5-17,27H,3-4,18-19H2,1-2H3,(H,26,29). The highest BCUT2D eigenvalue weighted by molar-refractivity contribution is 7.92. The molecule has 32 heavy (non-hydrogen) atoms. The SMILES string of the molecule is CCN(CC)Cc1ccc(CNC(=O)c2ccc(NS(=O)(=O)c3ccccc3)cc2)cc1. The van der Waals surface area contributed by atoms with Crippen molar-refractivity contribution in [1.29, 1.82) is 0 Å². The highest BCUT2D eigenvalue weighted by Crippen LogP contribution is 2.16. The number of sulfonamides is 1. The van der Waals surface area contributed by atoms with Crippen LogP contribution in [0.5, 0.6) is 0 Å². The Labute approximate surface area is 190 Å². The van der Waals surface area contributed by atoms with E-state index in [-0.39, 0.29) is 10.8 Å². The lowest BCUT2D eigenvalue weighted by Crippen LogP contribution is -2.23. The average Bonchev–Trinajstić information content (AvgIpc) is 2.82. The Morgan fingerprint density at radius 3 is 2.00 bits per heavy atom. The second-order valence-electron chi connectivity index (χ2n) is 7.46. The molecule has 0 radical (unpaired) electrons. The highest BCUT2D eigenvalue weighted by atomic mass is 32.2. The van der Waals surface area contributed by atoms with Crippen LogP contribution < -0.4 is 10.0 Å². The Balaban J connectivity index is 1.55. The molecule has 1 amide bonds. The van der Waals surface area contributed by atoms with Crippen molar-refractivity contribution in [2.75, 3.05) is 17.8 Å². The van der Waals surface area contributed by atoms with Crippen molar-refractivity contribution in [2.24, 2.45) is 0 Å². The van der Waals surface area contributed by atoms with Gasteiger partial charge in [0.25, 0.3) is 15.9 Å². The van der Waals surface area contributed by atoms with Crippen LogP contribution in [-0.2, 0) is 23.1 Å². The Kier molecular flexibility index (Phi) is 8.03. The molecule has 2 N–H and O–H groups in total. The minimum absolute atomic E-state index is 0.185. The summed E-state index contributed by atoms with van der Waals surface area (Å²) in [5.74, 6) is -0.213. The van der Waals surface area contributed by atoms with Crippen LogP contribution in [0, 0.1) is 0 Å². The van der Waals surface area contributed by atoms with E-state index in [0.717, 1.165) is 25.2 Å². The molecular formula is C25H29N3O3S. The van der Waals surface area contributed by atoms with E-state index in [2.05, 4.69) is 40.9 Å². The molecule has 0 unspecified atom stereocenters.